The van der Waals surface area contributed by atoms with Crippen molar-refractivity contribution in [2.75, 3.05) is 6.54 Å². The summed E-state index contributed by atoms with van der Waals surface area (Å²) in [7, 11) is 0. The molecular formula is C22H22ClNO2. The first-order valence-corrected chi connectivity index (χ1v) is 8.98. The van der Waals surface area contributed by atoms with Crippen LogP contribution in [0.25, 0.3) is 0 Å². The summed E-state index contributed by atoms with van der Waals surface area (Å²) in [6.45, 7) is 1.68. The summed E-state index contributed by atoms with van der Waals surface area (Å²) in [6, 6.07) is 25.3. The zero-order valence-corrected chi connectivity index (χ0v) is 15.2. The van der Waals surface area contributed by atoms with Crippen LogP contribution < -0.4 is 10.1 Å². The van der Waals surface area contributed by atoms with Gasteiger partial charge in [0, 0.05) is 18.1 Å². The number of ether oxygens (including phenoxy) is 1. The SMILES string of the molecule is O[C@H](CNCc1cccc(OCc2ccccc2)c1)c1ccc(Cl)cc1. The molecule has 0 fully saturated rings. The van der Waals surface area contributed by atoms with Gasteiger partial charge in [0.05, 0.1) is 6.10 Å². The van der Waals surface area contributed by atoms with Gasteiger partial charge in [-0.2, -0.15) is 0 Å². The van der Waals surface area contributed by atoms with Gasteiger partial charge in [-0.15, -0.1) is 0 Å². The maximum absolute atomic E-state index is 10.2. The van der Waals surface area contributed by atoms with Gasteiger partial charge in [-0.3, -0.25) is 0 Å². The highest BCUT2D eigenvalue weighted by molar-refractivity contribution is 6.30. The van der Waals surface area contributed by atoms with Crippen LogP contribution in [0.1, 0.15) is 22.8 Å². The third kappa shape index (κ3) is 5.60. The fourth-order valence-corrected chi connectivity index (χ4v) is 2.77. The van der Waals surface area contributed by atoms with E-state index in [-0.39, 0.29) is 0 Å². The second kappa shape index (κ2) is 9.39. The molecule has 0 aliphatic carbocycles. The Bertz CT molecular complexity index is 806. The van der Waals surface area contributed by atoms with Gasteiger partial charge in [-0.1, -0.05) is 66.2 Å². The van der Waals surface area contributed by atoms with Crippen LogP contribution >= 0.6 is 11.6 Å². The van der Waals surface area contributed by atoms with Crippen molar-refractivity contribution in [1.29, 1.82) is 0 Å². The lowest BCUT2D eigenvalue weighted by Gasteiger charge is -2.13. The van der Waals surface area contributed by atoms with E-state index in [2.05, 4.69) is 5.32 Å². The van der Waals surface area contributed by atoms with Crippen LogP contribution in [0.4, 0.5) is 0 Å². The molecule has 3 aromatic carbocycles. The minimum Gasteiger partial charge on any atom is -0.489 e. The Morgan fingerprint density at radius 2 is 1.62 bits per heavy atom. The molecule has 4 heteroatoms. The molecule has 0 radical (unpaired) electrons. The fraction of sp³-hybridized carbons (Fsp3) is 0.182. The van der Waals surface area contributed by atoms with Gasteiger partial charge in [0.15, 0.2) is 0 Å². The van der Waals surface area contributed by atoms with E-state index in [1.165, 1.54) is 0 Å². The molecular weight excluding hydrogens is 346 g/mol. The van der Waals surface area contributed by atoms with Crippen LogP contribution in [-0.2, 0) is 13.2 Å². The van der Waals surface area contributed by atoms with E-state index < -0.39 is 6.10 Å². The third-order valence-corrected chi connectivity index (χ3v) is 4.32. The standard InChI is InChI=1S/C22H22ClNO2/c23-20-11-9-19(10-12-20)22(25)15-24-14-18-7-4-8-21(13-18)26-16-17-5-2-1-3-6-17/h1-13,22,24-25H,14-16H2/t22-/m1/s1. The molecule has 0 saturated heterocycles. The van der Waals surface area contributed by atoms with E-state index in [1.807, 2.05) is 66.7 Å². The summed E-state index contributed by atoms with van der Waals surface area (Å²) in [5, 5.41) is 14.2. The molecule has 3 rings (SSSR count). The molecule has 0 aromatic heterocycles. The number of nitrogens with one attached hydrogen (secondary N) is 1. The Morgan fingerprint density at radius 3 is 2.38 bits per heavy atom. The Labute approximate surface area is 159 Å². The Hall–Kier alpha value is -2.33. The quantitative estimate of drug-likeness (QED) is 0.604. The first-order valence-electron chi connectivity index (χ1n) is 8.60. The number of rotatable bonds is 8. The van der Waals surface area contributed by atoms with Gasteiger partial charge in [0.1, 0.15) is 12.4 Å². The number of aliphatic hydroxyl groups is 1. The van der Waals surface area contributed by atoms with Crippen molar-refractivity contribution in [3.8, 4) is 5.75 Å². The lowest BCUT2D eigenvalue weighted by Crippen LogP contribution is -2.21. The summed E-state index contributed by atoms with van der Waals surface area (Å²) >= 11 is 5.87. The maximum atomic E-state index is 10.2. The van der Waals surface area contributed by atoms with Crippen LogP contribution in [0, 0.1) is 0 Å². The molecule has 0 spiro atoms. The molecule has 3 aromatic rings. The maximum Gasteiger partial charge on any atom is 0.120 e. The zero-order chi connectivity index (χ0) is 18.2. The van der Waals surface area contributed by atoms with Gasteiger partial charge in [-0.05, 0) is 41.0 Å². The largest absolute Gasteiger partial charge is 0.489 e. The van der Waals surface area contributed by atoms with Gasteiger partial charge >= 0.3 is 0 Å². The highest BCUT2D eigenvalue weighted by Gasteiger charge is 2.07. The number of hydrogen-bond acceptors (Lipinski definition) is 3. The van der Waals surface area contributed by atoms with Crippen molar-refractivity contribution in [3.05, 3.63) is 101 Å². The highest BCUT2D eigenvalue weighted by Crippen LogP contribution is 2.17. The molecule has 0 heterocycles. The van der Waals surface area contributed by atoms with Crippen molar-refractivity contribution in [2.45, 2.75) is 19.3 Å². The molecule has 0 unspecified atom stereocenters. The molecule has 1 atom stereocenters. The average molecular weight is 368 g/mol. The van der Waals surface area contributed by atoms with E-state index in [9.17, 15) is 5.11 Å². The predicted molar refractivity (Wildman–Crippen MR) is 105 cm³/mol. The molecule has 0 aliphatic rings. The summed E-state index contributed by atoms with van der Waals surface area (Å²) in [5.41, 5.74) is 3.10. The number of benzene rings is 3. The highest BCUT2D eigenvalue weighted by atomic mass is 35.5. The Morgan fingerprint density at radius 1 is 0.885 bits per heavy atom. The Balaban J connectivity index is 1.48. The van der Waals surface area contributed by atoms with E-state index in [1.54, 1.807) is 12.1 Å². The summed E-state index contributed by atoms with van der Waals surface area (Å²) in [4.78, 5) is 0. The second-order valence-electron chi connectivity index (χ2n) is 6.12. The van der Waals surface area contributed by atoms with Crippen LogP contribution in [0.15, 0.2) is 78.9 Å². The lowest BCUT2D eigenvalue weighted by molar-refractivity contribution is 0.174. The first-order chi connectivity index (χ1) is 12.7. The van der Waals surface area contributed by atoms with Crippen molar-refractivity contribution in [3.63, 3.8) is 0 Å². The number of hydrogen-bond donors (Lipinski definition) is 2. The van der Waals surface area contributed by atoms with Gasteiger partial charge in [0.25, 0.3) is 0 Å². The van der Waals surface area contributed by atoms with Gasteiger partial charge in [0.2, 0.25) is 0 Å². The van der Waals surface area contributed by atoms with E-state index >= 15 is 0 Å². The van der Waals surface area contributed by atoms with Crippen molar-refractivity contribution >= 4 is 11.6 Å². The molecule has 0 saturated carbocycles. The van der Waals surface area contributed by atoms with E-state index in [0.717, 1.165) is 22.4 Å². The van der Waals surface area contributed by atoms with Crippen LogP contribution in [0.3, 0.4) is 0 Å². The first kappa shape index (κ1) is 18.5. The molecule has 0 aliphatic heterocycles. The number of aliphatic hydroxyl groups excluding tert-OH is 1. The fourth-order valence-electron chi connectivity index (χ4n) is 2.64. The third-order valence-electron chi connectivity index (χ3n) is 4.07. The van der Waals surface area contributed by atoms with Crippen LogP contribution in [0.2, 0.25) is 5.02 Å². The smallest absolute Gasteiger partial charge is 0.120 e. The molecule has 0 bridgehead atoms. The molecule has 3 nitrogen and oxygen atoms in total. The van der Waals surface area contributed by atoms with Crippen molar-refractivity contribution in [1.82, 2.24) is 5.32 Å². The van der Waals surface area contributed by atoms with Crippen LogP contribution in [-0.4, -0.2) is 11.7 Å². The summed E-state index contributed by atoms with van der Waals surface area (Å²) < 4.78 is 5.85. The van der Waals surface area contributed by atoms with Gasteiger partial charge < -0.3 is 15.2 Å². The topological polar surface area (TPSA) is 41.5 Å². The normalized spacial score (nSPS) is 11.9. The van der Waals surface area contributed by atoms with Gasteiger partial charge in [-0.25, -0.2) is 0 Å². The minimum atomic E-state index is -0.565. The zero-order valence-electron chi connectivity index (χ0n) is 14.4. The monoisotopic (exact) mass is 367 g/mol. The predicted octanol–water partition coefficient (Wildman–Crippen LogP) is 4.74. The van der Waals surface area contributed by atoms with Crippen molar-refractivity contribution in [2.24, 2.45) is 0 Å². The molecule has 2 N–H and O–H groups in total. The molecule has 26 heavy (non-hydrogen) atoms. The summed E-state index contributed by atoms with van der Waals surface area (Å²) in [5.74, 6) is 0.839. The van der Waals surface area contributed by atoms with Crippen LogP contribution in [0.5, 0.6) is 5.75 Å². The average Bonchev–Trinajstić information content (AvgIpc) is 2.68. The van der Waals surface area contributed by atoms with E-state index in [4.69, 9.17) is 16.3 Å². The molecule has 0 amide bonds. The molecule has 134 valence electrons. The Kier molecular flexibility index (Phi) is 6.67. The van der Waals surface area contributed by atoms with Crippen molar-refractivity contribution < 1.29 is 9.84 Å². The second-order valence-corrected chi connectivity index (χ2v) is 6.56. The summed E-state index contributed by atoms with van der Waals surface area (Å²) in [6.07, 6.45) is -0.565. The number of halogens is 1. The lowest BCUT2D eigenvalue weighted by atomic mass is 10.1. The minimum absolute atomic E-state index is 0.469. The van der Waals surface area contributed by atoms with E-state index in [0.29, 0.717) is 24.7 Å².